The Kier molecular flexibility index (Phi) is 5.47. The molecular formula is C13H15ClN2O2. The van der Waals surface area contributed by atoms with Crippen molar-refractivity contribution in [3.05, 3.63) is 29.3 Å². The highest BCUT2D eigenvalue weighted by molar-refractivity contribution is 6.30. The van der Waals surface area contributed by atoms with E-state index in [0.717, 1.165) is 0 Å². The summed E-state index contributed by atoms with van der Waals surface area (Å²) >= 11 is 5.78. The number of nitrogens with one attached hydrogen (secondary N) is 1. The predicted molar refractivity (Wildman–Crippen MR) is 69.3 cm³/mol. The molecule has 0 aliphatic carbocycles. The molecule has 0 spiro atoms. The monoisotopic (exact) mass is 266 g/mol. The topological polar surface area (TPSA) is 62.1 Å². The molecule has 1 aromatic rings. The first-order valence-corrected chi connectivity index (χ1v) is 5.98. The molecule has 0 heterocycles. The second-order valence-electron chi connectivity index (χ2n) is 4.16. The summed E-state index contributed by atoms with van der Waals surface area (Å²) in [5.74, 6) is 0.260. The van der Waals surface area contributed by atoms with Crippen molar-refractivity contribution in [2.75, 3.05) is 6.61 Å². The first kappa shape index (κ1) is 14.3. The van der Waals surface area contributed by atoms with Gasteiger partial charge in [0.2, 0.25) is 0 Å². The summed E-state index contributed by atoms with van der Waals surface area (Å²) in [6.07, 6.45) is 0. The Labute approximate surface area is 112 Å². The zero-order valence-electron chi connectivity index (χ0n) is 10.3. The predicted octanol–water partition coefficient (Wildman–Crippen LogP) is 2.38. The molecule has 1 atom stereocenters. The fourth-order valence-electron chi connectivity index (χ4n) is 1.27. The smallest absolute Gasteiger partial charge is 0.258 e. The van der Waals surface area contributed by atoms with Crippen molar-refractivity contribution < 1.29 is 9.53 Å². The van der Waals surface area contributed by atoms with Crippen LogP contribution in [-0.4, -0.2) is 18.6 Å². The van der Waals surface area contributed by atoms with Crippen LogP contribution in [0.4, 0.5) is 0 Å². The lowest BCUT2D eigenvalue weighted by Crippen LogP contribution is -2.40. The average molecular weight is 267 g/mol. The van der Waals surface area contributed by atoms with E-state index in [1.807, 2.05) is 19.9 Å². The molecule has 1 amide bonds. The fourth-order valence-corrected chi connectivity index (χ4v) is 1.45. The van der Waals surface area contributed by atoms with Crippen LogP contribution in [0.5, 0.6) is 5.75 Å². The van der Waals surface area contributed by atoms with Crippen LogP contribution >= 0.6 is 11.6 Å². The van der Waals surface area contributed by atoms with Gasteiger partial charge < -0.3 is 10.1 Å². The largest absolute Gasteiger partial charge is 0.484 e. The molecule has 1 aromatic carbocycles. The van der Waals surface area contributed by atoms with Crippen molar-refractivity contribution in [2.24, 2.45) is 5.92 Å². The van der Waals surface area contributed by atoms with Crippen molar-refractivity contribution in [1.82, 2.24) is 5.32 Å². The zero-order valence-corrected chi connectivity index (χ0v) is 11.1. The van der Waals surface area contributed by atoms with E-state index in [9.17, 15) is 4.79 Å². The molecule has 0 saturated carbocycles. The number of rotatable bonds is 5. The molecular weight excluding hydrogens is 252 g/mol. The van der Waals surface area contributed by atoms with Gasteiger partial charge in [0.25, 0.3) is 5.91 Å². The van der Waals surface area contributed by atoms with Gasteiger partial charge in [-0.25, -0.2) is 0 Å². The van der Waals surface area contributed by atoms with Gasteiger partial charge in [-0.2, -0.15) is 5.26 Å². The van der Waals surface area contributed by atoms with Gasteiger partial charge in [-0.05, 0) is 24.1 Å². The van der Waals surface area contributed by atoms with Crippen LogP contribution in [0.2, 0.25) is 5.02 Å². The Morgan fingerprint density at radius 3 is 2.83 bits per heavy atom. The number of hydrogen-bond acceptors (Lipinski definition) is 3. The lowest BCUT2D eigenvalue weighted by atomic mass is 10.1. The molecule has 0 bridgehead atoms. The van der Waals surface area contributed by atoms with Gasteiger partial charge in [-0.3, -0.25) is 4.79 Å². The van der Waals surface area contributed by atoms with Crippen LogP contribution in [0.3, 0.4) is 0 Å². The molecule has 0 saturated heterocycles. The Morgan fingerprint density at radius 2 is 2.28 bits per heavy atom. The number of carbonyl (C=O) groups excluding carboxylic acids is 1. The van der Waals surface area contributed by atoms with Gasteiger partial charge in [0.1, 0.15) is 11.8 Å². The number of carbonyl (C=O) groups is 1. The summed E-state index contributed by atoms with van der Waals surface area (Å²) in [7, 11) is 0. The van der Waals surface area contributed by atoms with E-state index in [0.29, 0.717) is 10.8 Å². The molecule has 1 N–H and O–H groups in total. The number of nitriles is 1. The third-order valence-electron chi connectivity index (χ3n) is 2.29. The van der Waals surface area contributed by atoms with E-state index in [4.69, 9.17) is 21.6 Å². The normalized spacial score (nSPS) is 11.7. The molecule has 4 nitrogen and oxygen atoms in total. The number of benzene rings is 1. The minimum Gasteiger partial charge on any atom is -0.484 e. The molecule has 0 fully saturated rings. The number of halogens is 1. The van der Waals surface area contributed by atoms with E-state index in [1.54, 1.807) is 24.3 Å². The maximum absolute atomic E-state index is 11.6. The van der Waals surface area contributed by atoms with E-state index in [-0.39, 0.29) is 18.4 Å². The molecule has 0 radical (unpaired) electrons. The zero-order chi connectivity index (χ0) is 13.5. The first-order valence-electron chi connectivity index (χ1n) is 5.60. The molecule has 96 valence electrons. The Hall–Kier alpha value is -1.73. The summed E-state index contributed by atoms with van der Waals surface area (Å²) < 4.78 is 5.27. The van der Waals surface area contributed by atoms with Crippen LogP contribution < -0.4 is 10.1 Å². The van der Waals surface area contributed by atoms with Gasteiger partial charge in [0.05, 0.1) is 6.07 Å². The van der Waals surface area contributed by atoms with E-state index < -0.39 is 6.04 Å². The summed E-state index contributed by atoms with van der Waals surface area (Å²) in [4.78, 5) is 11.6. The maximum atomic E-state index is 11.6. The van der Waals surface area contributed by atoms with Crippen LogP contribution in [-0.2, 0) is 4.79 Å². The number of hydrogen-bond donors (Lipinski definition) is 1. The third kappa shape index (κ3) is 4.64. The number of ether oxygens (including phenoxy) is 1. The van der Waals surface area contributed by atoms with Gasteiger partial charge in [0, 0.05) is 5.02 Å². The van der Waals surface area contributed by atoms with Crippen LogP contribution in [0.15, 0.2) is 24.3 Å². The van der Waals surface area contributed by atoms with Crippen molar-refractivity contribution in [3.8, 4) is 11.8 Å². The lowest BCUT2D eigenvalue weighted by Gasteiger charge is -2.15. The minimum absolute atomic E-state index is 0.0603. The standard InChI is InChI=1S/C13H15ClN2O2/c1-9(2)12(7-15)16-13(17)8-18-11-5-3-4-10(14)6-11/h3-6,9,12H,8H2,1-2H3,(H,16,17). The quantitative estimate of drug-likeness (QED) is 0.890. The highest BCUT2D eigenvalue weighted by Crippen LogP contribution is 2.16. The van der Waals surface area contributed by atoms with Gasteiger partial charge >= 0.3 is 0 Å². The summed E-state index contributed by atoms with van der Waals surface area (Å²) in [5, 5.41) is 12.0. The Bertz CT molecular complexity index is 455. The first-order chi connectivity index (χ1) is 8.52. The molecule has 0 aliphatic rings. The summed E-state index contributed by atoms with van der Waals surface area (Å²) in [6.45, 7) is 3.60. The third-order valence-corrected chi connectivity index (χ3v) is 2.52. The second-order valence-corrected chi connectivity index (χ2v) is 4.60. The highest BCUT2D eigenvalue weighted by Gasteiger charge is 2.15. The van der Waals surface area contributed by atoms with E-state index in [2.05, 4.69) is 5.32 Å². The SMILES string of the molecule is CC(C)C(C#N)NC(=O)COc1cccc(Cl)c1. The molecule has 0 aliphatic heterocycles. The second kappa shape index (κ2) is 6.87. The van der Waals surface area contributed by atoms with Crippen molar-refractivity contribution in [2.45, 2.75) is 19.9 Å². The lowest BCUT2D eigenvalue weighted by molar-refractivity contribution is -0.123. The Morgan fingerprint density at radius 1 is 1.56 bits per heavy atom. The minimum atomic E-state index is -0.500. The van der Waals surface area contributed by atoms with Crippen molar-refractivity contribution in [3.63, 3.8) is 0 Å². The number of amides is 1. The molecule has 18 heavy (non-hydrogen) atoms. The highest BCUT2D eigenvalue weighted by atomic mass is 35.5. The fraction of sp³-hybridized carbons (Fsp3) is 0.385. The van der Waals surface area contributed by atoms with Gasteiger partial charge in [-0.15, -0.1) is 0 Å². The molecule has 0 aromatic heterocycles. The van der Waals surface area contributed by atoms with Crippen LogP contribution in [0.1, 0.15) is 13.8 Å². The van der Waals surface area contributed by atoms with Crippen molar-refractivity contribution in [1.29, 1.82) is 5.26 Å². The molecule has 1 rings (SSSR count). The summed E-state index contributed by atoms with van der Waals surface area (Å²) in [6, 6.07) is 8.33. The Balaban J connectivity index is 2.45. The van der Waals surface area contributed by atoms with Crippen LogP contribution in [0, 0.1) is 17.2 Å². The van der Waals surface area contributed by atoms with E-state index >= 15 is 0 Å². The molecule has 5 heteroatoms. The van der Waals surface area contributed by atoms with Gasteiger partial charge in [0.15, 0.2) is 6.61 Å². The van der Waals surface area contributed by atoms with Crippen molar-refractivity contribution >= 4 is 17.5 Å². The summed E-state index contributed by atoms with van der Waals surface area (Å²) in [5.41, 5.74) is 0. The maximum Gasteiger partial charge on any atom is 0.258 e. The molecule has 1 unspecified atom stereocenters. The van der Waals surface area contributed by atoms with Gasteiger partial charge in [-0.1, -0.05) is 31.5 Å². The van der Waals surface area contributed by atoms with E-state index in [1.165, 1.54) is 0 Å². The number of nitrogens with zero attached hydrogens (tertiary/aromatic N) is 1. The average Bonchev–Trinajstić information content (AvgIpc) is 2.33. The van der Waals surface area contributed by atoms with Crippen LogP contribution in [0.25, 0.3) is 0 Å².